The summed E-state index contributed by atoms with van der Waals surface area (Å²) >= 11 is 0. The summed E-state index contributed by atoms with van der Waals surface area (Å²) < 4.78 is 5.61. The molecule has 2 unspecified atom stereocenters. The van der Waals surface area contributed by atoms with Crippen molar-refractivity contribution in [2.24, 2.45) is 11.3 Å². The summed E-state index contributed by atoms with van der Waals surface area (Å²) in [5.41, 5.74) is -0.801. The van der Waals surface area contributed by atoms with Gasteiger partial charge in [-0.15, -0.1) is 0 Å². The number of hydrogen-bond acceptors (Lipinski definition) is 5. The van der Waals surface area contributed by atoms with Gasteiger partial charge in [0.1, 0.15) is 5.60 Å². The maximum atomic E-state index is 13.4. The molecule has 0 aliphatic carbocycles. The molecule has 2 atom stereocenters. The Morgan fingerprint density at radius 2 is 1.65 bits per heavy atom. The Labute approximate surface area is 188 Å². The summed E-state index contributed by atoms with van der Waals surface area (Å²) in [6, 6.07) is 0.932. The molecule has 31 heavy (non-hydrogen) atoms. The van der Waals surface area contributed by atoms with Crippen LogP contribution < -0.4 is 5.32 Å². The van der Waals surface area contributed by atoms with Crippen LogP contribution >= 0.6 is 0 Å². The predicted octanol–water partition coefficient (Wildman–Crippen LogP) is 2.94. The Morgan fingerprint density at radius 3 is 2.13 bits per heavy atom. The highest BCUT2D eigenvalue weighted by atomic mass is 16.6. The predicted molar refractivity (Wildman–Crippen MR) is 123 cm³/mol. The van der Waals surface area contributed by atoms with Gasteiger partial charge in [0, 0.05) is 32.2 Å². The number of rotatable bonds is 6. The lowest BCUT2D eigenvalue weighted by atomic mass is 9.75. The van der Waals surface area contributed by atoms with Gasteiger partial charge in [0.15, 0.2) is 0 Å². The second kappa shape index (κ2) is 9.26. The van der Waals surface area contributed by atoms with E-state index in [0.29, 0.717) is 12.0 Å². The van der Waals surface area contributed by atoms with E-state index in [2.05, 4.69) is 42.8 Å². The van der Waals surface area contributed by atoms with Crippen molar-refractivity contribution in [3.05, 3.63) is 0 Å². The highest BCUT2D eigenvalue weighted by Crippen LogP contribution is 2.38. The van der Waals surface area contributed by atoms with E-state index in [-0.39, 0.29) is 29.5 Å². The number of carbonyl (C=O) groups is 2. The van der Waals surface area contributed by atoms with Crippen LogP contribution in [0.4, 0.5) is 4.79 Å². The summed E-state index contributed by atoms with van der Waals surface area (Å²) in [5, 5.41) is 3.23. The van der Waals surface area contributed by atoms with Crippen LogP contribution in [0.2, 0.25) is 0 Å². The molecule has 0 saturated carbocycles. The molecule has 2 amide bonds. The number of nitrogens with zero attached hydrogens (tertiary/aromatic N) is 3. The van der Waals surface area contributed by atoms with Crippen molar-refractivity contribution < 1.29 is 14.3 Å². The first-order valence-electron chi connectivity index (χ1n) is 12.2. The number of piperidine rings is 2. The Bertz CT molecular complexity index is 638. The first kappa shape index (κ1) is 24.3. The maximum Gasteiger partial charge on any atom is 0.410 e. The Morgan fingerprint density at radius 1 is 1.06 bits per heavy atom. The standard InChI is InChI=1S/C24H44N4O3/c1-17(2)13-25-21(29)24(8-10-27(11-9-24)18(3)4)16-26-14-19-12-20(15-26)28(19)22(30)31-23(5,6)7/h17-20H,8-16H2,1-7H3,(H,25,29). The average Bonchev–Trinajstić information content (AvgIpc) is 2.64. The first-order valence-corrected chi connectivity index (χ1v) is 12.2. The van der Waals surface area contributed by atoms with Gasteiger partial charge in [0.2, 0.25) is 5.91 Å². The number of hydrogen-bond donors (Lipinski definition) is 1. The minimum Gasteiger partial charge on any atom is -0.444 e. The zero-order chi connectivity index (χ0) is 23.0. The molecule has 0 aromatic heterocycles. The molecule has 1 N–H and O–H groups in total. The molecule has 4 fully saturated rings. The fraction of sp³-hybridized carbons (Fsp3) is 0.917. The molecular weight excluding hydrogens is 392 g/mol. The second-order valence-corrected chi connectivity index (χ2v) is 11.6. The average molecular weight is 437 g/mol. The van der Waals surface area contributed by atoms with Crippen LogP contribution in [-0.2, 0) is 9.53 Å². The van der Waals surface area contributed by atoms with E-state index < -0.39 is 5.60 Å². The second-order valence-electron chi connectivity index (χ2n) is 11.6. The molecule has 0 spiro atoms. The lowest BCUT2D eigenvalue weighted by Crippen LogP contribution is -2.71. The van der Waals surface area contributed by atoms with Crippen molar-refractivity contribution in [2.45, 2.75) is 91.5 Å². The number of fused-ring (bicyclic) bond motifs is 2. The maximum absolute atomic E-state index is 13.4. The van der Waals surface area contributed by atoms with Crippen LogP contribution in [0.25, 0.3) is 0 Å². The monoisotopic (exact) mass is 436 g/mol. The van der Waals surface area contributed by atoms with Crippen LogP contribution in [0.1, 0.15) is 67.7 Å². The summed E-state index contributed by atoms with van der Waals surface area (Å²) in [7, 11) is 0. The van der Waals surface area contributed by atoms with Crippen LogP contribution in [-0.4, -0.2) is 89.7 Å². The van der Waals surface area contributed by atoms with Gasteiger partial charge in [0.25, 0.3) is 0 Å². The normalized spacial score (nSPS) is 26.7. The van der Waals surface area contributed by atoms with Gasteiger partial charge in [-0.3, -0.25) is 14.6 Å². The molecule has 4 aliphatic rings. The number of nitrogens with one attached hydrogen (secondary N) is 1. The van der Waals surface area contributed by atoms with Crippen molar-refractivity contribution in [3.8, 4) is 0 Å². The summed E-state index contributed by atoms with van der Waals surface area (Å²) in [5.74, 6) is 0.662. The molecule has 0 radical (unpaired) electrons. The molecule has 4 heterocycles. The van der Waals surface area contributed by atoms with Gasteiger partial charge in [-0.25, -0.2) is 4.79 Å². The van der Waals surface area contributed by atoms with Crippen molar-refractivity contribution in [3.63, 3.8) is 0 Å². The highest BCUT2D eigenvalue weighted by molar-refractivity contribution is 5.83. The van der Waals surface area contributed by atoms with E-state index in [9.17, 15) is 9.59 Å². The minimum atomic E-state index is -0.469. The lowest BCUT2D eigenvalue weighted by molar-refractivity contribution is -0.139. The van der Waals surface area contributed by atoms with Gasteiger partial charge < -0.3 is 15.0 Å². The molecule has 7 heteroatoms. The molecule has 0 aromatic rings. The van der Waals surface area contributed by atoms with Crippen molar-refractivity contribution >= 4 is 12.0 Å². The molecule has 2 bridgehead atoms. The first-order chi connectivity index (χ1) is 14.4. The van der Waals surface area contributed by atoms with Gasteiger partial charge in [-0.1, -0.05) is 13.8 Å². The number of carbonyl (C=O) groups excluding carboxylic acids is 2. The third-order valence-corrected chi connectivity index (χ3v) is 7.04. The Hall–Kier alpha value is -1.34. The molecule has 4 saturated heterocycles. The molecule has 178 valence electrons. The van der Waals surface area contributed by atoms with E-state index in [1.165, 1.54) is 0 Å². The number of likely N-dealkylation sites (tertiary alicyclic amines) is 1. The summed E-state index contributed by atoms with van der Waals surface area (Å²) in [6.07, 6.45) is 2.65. The third kappa shape index (κ3) is 5.72. The van der Waals surface area contributed by atoms with Gasteiger partial charge in [-0.05, 0) is 72.9 Å². The lowest BCUT2D eigenvalue weighted by Gasteiger charge is -2.57. The quantitative estimate of drug-likeness (QED) is 0.694. The zero-order valence-electron chi connectivity index (χ0n) is 20.7. The van der Waals surface area contributed by atoms with Crippen molar-refractivity contribution in [2.75, 3.05) is 39.3 Å². The van der Waals surface area contributed by atoms with Gasteiger partial charge in [0.05, 0.1) is 17.5 Å². The van der Waals surface area contributed by atoms with Gasteiger partial charge >= 0.3 is 6.09 Å². The van der Waals surface area contributed by atoms with Gasteiger partial charge in [-0.2, -0.15) is 0 Å². The summed E-state index contributed by atoms with van der Waals surface area (Å²) in [4.78, 5) is 32.8. The Balaban J connectivity index is 1.63. The van der Waals surface area contributed by atoms with Crippen molar-refractivity contribution in [1.29, 1.82) is 0 Å². The largest absolute Gasteiger partial charge is 0.444 e. The van der Waals surface area contributed by atoms with E-state index in [1.807, 2.05) is 25.7 Å². The third-order valence-electron chi connectivity index (χ3n) is 7.04. The topological polar surface area (TPSA) is 65.1 Å². The van der Waals surface area contributed by atoms with Crippen molar-refractivity contribution in [1.82, 2.24) is 20.0 Å². The molecule has 7 nitrogen and oxygen atoms in total. The minimum absolute atomic E-state index is 0.192. The smallest absolute Gasteiger partial charge is 0.410 e. The zero-order valence-corrected chi connectivity index (χ0v) is 20.7. The summed E-state index contributed by atoms with van der Waals surface area (Å²) in [6.45, 7) is 19.6. The SMILES string of the molecule is CC(C)CNC(=O)C1(CN2CC3CC(C2)N3C(=O)OC(C)(C)C)CCN(C(C)C)CC1. The van der Waals surface area contributed by atoms with E-state index >= 15 is 0 Å². The number of piperazine rings is 1. The fourth-order valence-electron chi connectivity index (χ4n) is 5.28. The molecule has 4 aliphatic heterocycles. The number of amides is 2. The van der Waals surface area contributed by atoms with Crippen LogP contribution in [0.15, 0.2) is 0 Å². The van der Waals surface area contributed by atoms with Crippen LogP contribution in [0.3, 0.4) is 0 Å². The molecular formula is C24H44N4O3. The van der Waals surface area contributed by atoms with E-state index in [4.69, 9.17) is 4.74 Å². The van der Waals surface area contributed by atoms with Crippen LogP contribution in [0.5, 0.6) is 0 Å². The fourth-order valence-corrected chi connectivity index (χ4v) is 5.28. The molecule has 4 rings (SSSR count). The van der Waals surface area contributed by atoms with E-state index in [1.54, 1.807) is 0 Å². The van der Waals surface area contributed by atoms with Crippen LogP contribution in [0, 0.1) is 11.3 Å². The van der Waals surface area contributed by atoms with E-state index in [0.717, 1.165) is 58.5 Å². The Kier molecular flexibility index (Phi) is 7.26. The number of ether oxygens (including phenoxy) is 1. The molecule has 0 aromatic carbocycles. The highest BCUT2D eigenvalue weighted by Gasteiger charge is 2.51.